The minimum Gasteiger partial charge on any atom is -0.504 e. The number of phenolic OH excluding ortho intramolecular Hbond substituents is 9. The highest BCUT2D eigenvalue weighted by molar-refractivity contribution is 9.11. The van der Waals surface area contributed by atoms with E-state index in [4.69, 9.17) is 12.2 Å². The van der Waals surface area contributed by atoms with Gasteiger partial charge in [-0.05, 0) is 103 Å². The van der Waals surface area contributed by atoms with Crippen LogP contribution in [0.4, 0.5) is 0 Å². The Balaban J connectivity index is 0.000000217. The van der Waals surface area contributed by atoms with E-state index in [9.17, 15) is 50.8 Å². The standard InChI is InChI=1S/C16H10BrNO5S.C16H14BrNO5S/c17-12-7(1-3-9(19)13(12)21)2-4-11-18-6-8-5-10(20)14(22)15(23)16(8)24-11;17-14-9(1-3-10(19)16(14)23)2-4-13(24)18-7-8-5-11(20)15(22)12(21)6-8/h1-6,19-21,23H;1-6,19-23H,7H2,(H,18,24)/b2*4-2+. The minimum absolute atomic E-state index is 0.229. The van der Waals surface area contributed by atoms with Crippen LogP contribution in [0.15, 0.2) is 68.5 Å². The predicted molar refractivity (Wildman–Crippen MR) is 192 cm³/mol. The molecule has 0 fully saturated rings. The summed E-state index contributed by atoms with van der Waals surface area (Å²) in [7, 11) is 0. The van der Waals surface area contributed by atoms with Gasteiger partial charge in [0.15, 0.2) is 51.7 Å². The van der Waals surface area contributed by atoms with Gasteiger partial charge in [-0.2, -0.15) is 0 Å². The molecule has 0 saturated carbocycles. The molecule has 1 heterocycles. The molecule has 12 nitrogen and oxygen atoms in total. The number of fused-ring (bicyclic) bond motifs is 1. The molecule has 1 aliphatic heterocycles. The van der Waals surface area contributed by atoms with Crippen molar-refractivity contribution in [3.8, 4) is 62.2 Å². The normalized spacial score (nSPS) is 11.1. The summed E-state index contributed by atoms with van der Waals surface area (Å²) < 4.78 is 0.675. The number of benzene rings is 4. The Morgan fingerprint density at radius 1 is 0.729 bits per heavy atom. The van der Waals surface area contributed by atoms with Crippen molar-refractivity contribution in [2.75, 3.05) is 0 Å². The Kier molecular flexibility index (Phi) is 11.4. The van der Waals surface area contributed by atoms with Crippen LogP contribution in [0, 0.1) is 0 Å². The molecule has 0 unspecified atom stereocenters. The Hall–Kier alpha value is -5.03. The second-order valence-corrected chi connectivity index (χ2v) is 12.8. The van der Waals surface area contributed by atoms with Gasteiger partial charge < -0.3 is 51.3 Å². The molecular weight excluding hydrogens is 796 g/mol. The molecule has 48 heavy (non-hydrogen) atoms. The summed E-state index contributed by atoms with van der Waals surface area (Å²) in [5, 5.41) is 89.0. The van der Waals surface area contributed by atoms with Crippen LogP contribution in [0.25, 0.3) is 28.7 Å². The van der Waals surface area contributed by atoms with Gasteiger partial charge in [0, 0.05) is 18.3 Å². The summed E-state index contributed by atoms with van der Waals surface area (Å²) in [5.41, 5.74) is 1.39. The first-order valence-electron chi connectivity index (χ1n) is 13.3. The first kappa shape index (κ1) is 35.8. The average molecular weight is 820 g/mol. The van der Waals surface area contributed by atoms with E-state index in [-0.39, 0.29) is 29.5 Å². The van der Waals surface area contributed by atoms with E-state index in [1.54, 1.807) is 36.4 Å². The maximum Gasteiger partial charge on any atom is 0.263 e. The molecule has 2 aliphatic rings. The van der Waals surface area contributed by atoms with E-state index in [1.807, 2.05) is 0 Å². The van der Waals surface area contributed by atoms with E-state index in [2.05, 4.69) is 42.2 Å². The molecule has 0 bridgehead atoms. The van der Waals surface area contributed by atoms with Crippen LogP contribution >= 0.6 is 55.4 Å². The largest absolute Gasteiger partial charge is 0.504 e. The second-order valence-electron chi connectivity index (χ2n) is 9.73. The number of thiocarbonyl (C=S) groups is 1. The molecule has 0 radical (unpaired) electrons. The number of aromatic hydroxyl groups is 9. The topological polar surface area (TPSA) is 224 Å². The van der Waals surface area contributed by atoms with Gasteiger partial charge in [-0.25, -0.2) is 4.98 Å². The summed E-state index contributed by atoms with van der Waals surface area (Å²) >= 11 is 12.6. The van der Waals surface area contributed by atoms with Crippen LogP contribution in [-0.4, -0.2) is 55.9 Å². The number of aromatic nitrogens is 1. The van der Waals surface area contributed by atoms with Gasteiger partial charge in [-0.3, -0.25) is 4.79 Å². The number of hydrogen-bond acceptors (Lipinski definition) is 13. The summed E-state index contributed by atoms with van der Waals surface area (Å²) in [4.78, 5) is 16.5. The average Bonchev–Trinajstić information content (AvgIpc) is 3.06. The third-order valence-corrected chi connectivity index (χ3v) is 9.45. The summed E-state index contributed by atoms with van der Waals surface area (Å²) in [6, 6.07) is 9.80. The number of nitrogens with one attached hydrogen (secondary N) is 1. The van der Waals surface area contributed by atoms with Gasteiger partial charge >= 0.3 is 0 Å². The monoisotopic (exact) mass is 818 g/mol. The van der Waals surface area contributed by atoms with Crippen molar-refractivity contribution in [2.45, 2.75) is 6.54 Å². The summed E-state index contributed by atoms with van der Waals surface area (Å²) in [6.45, 7) is 0.229. The van der Waals surface area contributed by atoms with Crippen molar-refractivity contribution in [3.05, 3.63) is 95.6 Å². The zero-order valence-corrected chi connectivity index (χ0v) is 28.9. The fraction of sp³-hybridized carbons (Fsp3) is 0.0312. The van der Waals surface area contributed by atoms with Crippen LogP contribution < -0.4 is 10.7 Å². The van der Waals surface area contributed by atoms with Gasteiger partial charge in [-0.1, -0.05) is 24.4 Å². The van der Waals surface area contributed by atoms with Crippen molar-refractivity contribution in [3.63, 3.8) is 0 Å². The van der Waals surface area contributed by atoms with Crippen LogP contribution in [0.2, 0.25) is 0 Å². The molecule has 5 rings (SSSR count). The van der Waals surface area contributed by atoms with Crippen molar-refractivity contribution < 1.29 is 46.0 Å². The molecule has 1 aliphatic carbocycles. The maximum absolute atomic E-state index is 11.6. The van der Waals surface area contributed by atoms with Crippen molar-refractivity contribution in [1.29, 1.82) is 0 Å². The van der Waals surface area contributed by atoms with Crippen molar-refractivity contribution in [2.24, 2.45) is 0 Å². The molecule has 248 valence electrons. The molecule has 0 saturated heterocycles. The van der Waals surface area contributed by atoms with Crippen LogP contribution in [0.3, 0.4) is 0 Å². The number of phenols is 9. The Bertz CT molecular complexity index is 2100. The lowest BCUT2D eigenvalue weighted by atomic mass is 10.1. The summed E-state index contributed by atoms with van der Waals surface area (Å²) in [6.07, 6.45) is 7.96. The van der Waals surface area contributed by atoms with Crippen LogP contribution in [0.5, 0.6) is 51.7 Å². The van der Waals surface area contributed by atoms with Gasteiger partial charge in [-0.15, -0.1) is 11.3 Å². The van der Waals surface area contributed by atoms with E-state index in [0.29, 0.717) is 46.1 Å². The zero-order valence-electron chi connectivity index (χ0n) is 24.1. The lowest BCUT2D eigenvalue weighted by Crippen LogP contribution is -2.18. The van der Waals surface area contributed by atoms with E-state index >= 15 is 0 Å². The highest BCUT2D eigenvalue weighted by atomic mass is 79.9. The lowest BCUT2D eigenvalue weighted by molar-refractivity contribution is 0.367. The molecule has 10 N–H and O–H groups in total. The Morgan fingerprint density at radius 2 is 1.29 bits per heavy atom. The number of halogens is 2. The molecule has 0 atom stereocenters. The Morgan fingerprint density at radius 3 is 1.88 bits per heavy atom. The SMILES string of the molecule is O=c1c(O)cc2cnc(/C=C/c3ccc(O)c(O)c3Br)sc-2c1O.Oc1cc(CNC(=S)/C=C/c2ccc(O)c(O)c2Br)cc(O)c1O. The van der Waals surface area contributed by atoms with Crippen molar-refractivity contribution in [1.82, 2.24) is 10.3 Å². The Labute approximate surface area is 297 Å². The summed E-state index contributed by atoms with van der Waals surface area (Å²) in [5.74, 6) is -3.45. The third kappa shape index (κ3) is 8.27. The molecular formula is C32H24Br2N2O10S2. The van der Waals surface area contributed by atoms with Crippen LogP contribution in [-0.2, 0) is 6.54 Å². The molecule has 0 spiro atoms. The van der Waals surface area contributed by atoms with Gasteiger partial charge in [0.2, 0.25) is 0 Å². The first-order chi connectivity index (χ1) is 22.7. The van der Waals surface area contributed by atoms with Gasteiger partial charge in [0.1, 0.15) is 5.01 Å². The third-order valence-electron chi connectivity index (χ3n) is 6.42. The number of nitrogens with zero attached hydrogens (tertiary/aromatic N) is 1. The maximum atomic E-state index is 11.6. The molecule has 3 aromatic carbocycles. The van der Waals surface area contributed by atoms with E-state index in [0.717, 1.165) is 11.3 Å². The van der Waals surface area contributed by atoms with Gasteiger partial charge in [0.25, 0.3) is 5.43 Å². The zero-order chi connectivity index (χ0) is 35.3. The fourth-order valence-electron chi connectivity index (χ4n) is 3.92. The molecule has 3 aromatic rings. The fourth-order valence-corrected chi connectivity index (χ4v) is 5.86. The quantitative estimate of drug-likeness (QED) is 0.0505. The number of hydrogen-bond donors (Lipinski definition) is 10. The molecule has 16 heteroatoms. The number of rotatable bonds is 6. The van der Waals surface area contributed by atoms with Crippen LogP contribution in [0.1, 0.15) is 21.7 Å². The predicted octanol–water partition coefficient (Wildman–Crippen LogP) is 6.47. The van der Waals surface area contributed by atoms with E-state index < -0.39 is 34.2 Å². The van der Waals surface area contributed by atoms with Gasteiger partial charge in [0.05, 0.1) is 18.8 Å². The van der Waals surface area contributed by atoms with E-state index in [1.165, 1.54) is 36.5 Å². The second kappa shape index (κ2) is 15.2. The highest BCUT2D eigenvalue weighted by Crippen LogP contribution is 2.39. The first-order valence-corrected chi connectivity index (χ1v) is 16.1. The minimum atomic E-state index is -0.828. The highest BCUT2D eigenvalue weighted by Gasteiger charge is 2.17. The smallest absolute Gasteiger partial charge is 0.263 e. The molecule has 0 amide bonds. The van der Waals surface area contributed by atoms with Crippen molar-refractivity contribution >= 4 is 78.6 Å². The lowest BCUT2D eigenvalue weighted by Gasteiger charge is -2.08. The molecule has 0 aromatic heterocycles.